The molecule has 0 saturated carbocycles. The van der Waals surface area contributed by atoms with Gasteiger partial charge in [-0.05, 0) is 12.1 Å². The van der Waals surface area contributed by atoms with E-state index < -0.39 is 12.4 Å². The third-order valence-electron chi connectivity index (χ3n) is 2.72. The lowest BCUT2D eigenvalue weighted by molar-refractivity contribution is -0.108. The van der Waals surface area contributed by atoms with Crippen LogP contribution in [0.15, 0.2) is 36.7 Å². The lowest BCUT2D eigenvalue weighted by Crippen LogP contribution is -2.16. The van der Waals surface area contributed by atoms with Crippen molar-refractivity contribution in [1.29, 1.82) is 0 Å². The van der Waals surface area contributed by atoms with Crippen molar-refractivity contribution >= 4 is 6.09 Å². The minimum absolute atomic E-state index is 0.321. The molecule has 0 spiro atoms. The molecule has 0 fully saturated rings. The average molecular weight is 289 g/mol. The molecule has 110 valence electrons. The zero-order valence-electron chi connectivity index (χ0n) is 11.6. The number of aromatic nitrogens is 2. The van der Waals surface area contributed by atoms with Gasteiger partial charge in [0.15, 0.2) is 0 Å². The van der Waals surface area contributed by atoms with Gasteiger partial charge in [-0.2, -0.15) is 0 Å². The van der Waals surface area contributed by atoms with E-state index in [-0.39, 0.29) is 0 Å². The van der Waals surface area contributed by atoms with Crippen LogP contribution in [0.3, 0.4) is 0 Å². The Morgan fingerprint density at radius 1 is 1.14 bits per heavy atom. The lowest BCUT2D eigenvalue weighted by atomic mass is 10.1. The molecule has 0 bridgehead atoms. The molecule has 0 aliphatic carbocycles. The van der Waals surface area contributed by atoms with E-state index in [1.54, 1.807) is 30.5 Å². The second kappa shape index (κ2) is 6.78. The molecule has 2 rings (SSSR count). The van der Waals surface area contributed by atoms with Crippen molar-refractivity contribution in [3.8, 4) is 17.0 Å². The van der Waals surface area contributed by atoms with Gasteiger partial charge < -0.3 is 19.9 Å². The van der Waals surface area contributed by atoms with E-state index in [0.29, 0.717) is 22.7 Å². The minimum Gasteiger partial charge on any atom is -0.410 e. The highest BCUT2D eigenvalue weighted by Crippen LogP contribution is 2.28. The maximum Gasteiger partial charge on any atom is 0.409 e. The number of amides is 1. The molecule has 0 radical (unpaired) electrons. The molecule has 7 nitrogen and oxygen atoms in total. The Kier molecular flexibility index (Phi) is 4.81. The summed E-state index contributed by atoms with van der Waals surface area (Å²) in [6.07, 6.45) is 1.62. The predicted octanol–water partition coefficient (Wildman–Crippen LogP) is 1.89. The first-order valence-electron chi connectivity index (χ1n) is 6.10. The zero-order valence-corrected chi connectivity index (χ0v) is 11.6. The Balaban J connectivity index is 2.33. The fourth-order valence-corrected chi connectivity index (χ4v) is 1.81. The van der Waals surface area contributed by atoms with Crippen LogP contribution >= 0.6 is 0 Å². The Morgan fingerprint density at radius 3 is 2.43 bits per heavy atom. The summed E-state index contributed by atoms with van der Waals surface area (Å²) in [5.41, 5.74) is 6.74. The fourth-order valence-electron chi connectivity index (χ4n) is 1.81. The van der Waals surface area contributed by atoms with Crippen molar-refractivity contribution in [2.24, 2.45) is 5.73 Å². The van der Waals surface area contributed by atoms with Gasteiger partial charge in [0.25, 0.3) is 0 Å². The molecule has 2 N–H and O–H groups in total. The molecular weight excluding hydrogens is 274 g/mol. The van der Waals surface area contributed by atoms with E-state index in [4.69, 9.17) is 19.9 Å². The van der Waals surface area contributed by atoms with E-state index in [9.17, 15) is 4.79 Å². The van der Waals surface area contributed by atoms with Gasteiger partial charge in [0, 0.05) is 19.8 Å². The number of carbonyl (C=O) groups excluding carboxylic acids is 1. The zero-order chi connectivity index (χ0) is 15.2. The second-order valence-corrected chi connectivity index (χ2v) is 4.05. The summed E-state index contributed by atoms with van der Waals surface area (Å²) in [4.78, 5) is 19.4. The van der Waals surface area contributed by atoms with Gasteiger partial charge in [0.05, 0.1) is 18.1 Å². The van der Waals surface area contributed by atoms with Crippen LogP contribution in [0.2, 0.25) is 0 Å². The number of hydrogen-bond acceptors (Lipinski definition) is 6. The summed E-state index contributed by atoms with van der Waals surface area (Å²) in [5, 5.41) is 0. The Labute approximate surface area is 121 Å². The van der Waals surface area contributed by atoms with Crippen LogP contribution in [-0.2, 0) is 9.47 Å². The Hall–Kier alpha value is -2.51. The summed E-state index contributed by atoms with van der Waals surface area (Å²) in [5.74, 6) is 0.321. The molecule has 7 heteroatoms. The number of primary amides is 1. The number of hydrogen-bond donors (Lipinski definition) is 1. The smallest absolute Gasteiger partial charge is 0.409 e. The van der Waals surface area contributed by atoms with Crippen LogP contribution in [0, 0.1) is 0 Å². The van der Waals surface area contributed by atoms with E-state index in [1.165, 1.54) is 20.4 Å². The predicted molar refractivity (Wildman–Crippen MR) is 74.4 cm³/mol. The minimum atomic E-state index is -0.883. The molecular formula is C14H15N3O4. The van der Waals surface area contributed by atoms with E-state index in [2.05, 4.69) is 9.97 Å². The number of carbonyl (C=O) groups is 1. The highest BCUT2D eigenvalue weighted by Gasteiger charge is 2.13. The van der Waals surface area contributed by atoms with Gasteiger partial charge in [0.1, 0.15) is 11.4 Å². The van der Waals surface area contributed by atoms with Gasteiger partial charge in [0.2, 0.25) is 6.29 Å². The summed E-state index contributed by atoms with van der Waals surface area (Å²) in [7, 11) is 3.03. The molecule has 0 aliphatic heterocycles. The molecule has 1 aromatic carbocycles. The largest absolute Gasteiger partial charge is 0.410 e. The van der Waals surface area contributed by atoms with Crippen LogP contribution < -0.4 is 10.5 Å². The van der Waals surface area contributed by atoms with Crippen molar-refractivity contribution in [2.45, 2.75) is 6.29 Å². The molecule has 1 amide bonds. The van der Waals surface area contributed by atoms with Crippen molar-refractivity contribution < 1.29 is 19.0 Å². The number of ether oxygens (including phenoxy) is 3. The molecule has 0 unspecified atom stereocenters. The number of methoxy groups -OCH3 is 2. The van der Waals surface area contributed by atoms with Gasteiger partial charge in [-0.1, -0.05) is 12.1 Å². The van der Waals surface area contributed by atoms with E-state index in [1.807, 2.05) is 0 Å². The van der Waals surface area contributed by atoms with Crippen molar-refractivity contribution in [1.82, 2.24) is 9.97 Å². The number of para-hydroxylation sites is 1. The first kappa shape index (κ1) is 14.9. The number of benzene rings is 1. The molecule has 21 heavy (non-hydrogen) atoms. The van der Waals surface area contributed by atoms with Crippen LogP contribution in [-0.4, -0.2) is 30.3 Å². The SMILES string of the molecule is COC(OC)c1cnc(-c2ccccc2OC(N)=O)cn1. The lowest BCUT2D eigenvalue weighted by Gasteiger charge is -2.13. The second-order valence-electron chi connectivity index (χ2n) is 4.05. The maximum absolute atomic E-state index is 10.9. The topological polar surface area (TPSA) is 96.6 Å². The summed E-state index contributed by atoms with van der Waals surface area (Å²) in [6.45, 7) is 0. The van der Waals surface area contributed by atoms with Gasteiger partial charge in [-0.3, -0.25) is 9.97 Å². The third-order valence-corrected chi connectivity index (χ3v) is 2.72. The number of rotatable bonds is 5. The van der Waals surface area contributed by atoms with Crippen molar-refractivity contribution in [3.63, 3.8) is 0 Å². The monoisotopic (exact) mass is 289 g/mol. The van der Waals surface area contributed by atoms with Crippen LogP contribution in [0.5, 0.6) is 5.75 Å². The van der Waals surface area contributed by atoms with Crippen LogP contribution in [0.25, 0.3) is 11.3 Å². The summed E-state index contributed by atoms with van der Waals surface area (Å²) < 4.78 is 15.1. The molecule has 1 aromatic heterocycles. The third kappa shape index (κ3) is 3.53. The summed E-state index contributed by atoms with van der Waals surface area (Å²) in [6, 6.07) is 6.91. The number of nitrogens with zero attached hydrogens (tertiary/aromatic N) is 2. The van der Waals surface area contributed by atoms with Crippen LogP contribution in [0.1, 0.15) is 12.0 Å². The average Bonchev–Trinajstić information content (AvgIpc) is 2.49. The molecule has 2 aromatic rings. The number of nitrogens with two attached hydrogens (primary N) is 1. The van der Waals surface area contributed by atoms with Crippen molar-refractivity contribution in [2.75, 3.05) is 14.2 Å². The van der Waals surface area contributed by atoms with Gasteiger partial charge in [-0.25, -0.2) is 4.79 Å². The highest BCUT2D eigenvalue weighted by molar-refractivity contribution is 5.74. The van der Waals surface area contributed by atoms with Crippen molar-refractivity contribution in [3.05, 3.63) is 42.4 Å². The van der Waals surface area contributed by atoms with E-state index >= 15 is 0 Å². The molecule has 0 saturated heterocycles. The van der Waals surface area contributed by atoms with Gasteiger partial charge >= 0.3 is 6.09 Å². The molecule has 0 atom stereocenters. The first-order chi connectivity index (χ1) is 10.2. The van der Waals surface area contributed by atoms with Crippen LogP contribution in [0.4, 0.5) is 4.79 Å². The standard InChI is InChI=1S/C14H15N3O4/c1-19-13(20-2)11-8-16-10(7-17-11)9-5-3-4-6-12(9)21-14(15)18/h3-8,13H,1-2H3,(H2,15,18). The maximum atomic E-state index is 10.9. The fraction of sp³-hybridized carbons (Fsp3) is 0.214. The van der Waals surface area contributed by atoms with E-state index in [0.717, 1.165) is 0 Å². The normalized spacial score (nSPS) is 10.6. The molecule has 0 aliphatic rings. The Morgan fingerprint density at radius 2 is 1.86 bits per heavy atom. The Bertz CT molecular complexity index is 612. The molecule has 1 heterocycles. The first-order valence-corrected chi connectivity index (χ1v) is 6.10. The highest BCUT2D eigenvalue weighted by atomic mass is 16.7. The van der Waals surface area contributed by atoms with Gasteiger partial charge in [-0.15, -0.1) is 0 Å². The summed E-state index contributed by atoms with van der Waals surface area (Å²) >= 11 is 0. The quantitative estimate of drug-likeness (QED) is 0.844.